The maximum atomic E-state index is 7.33. The van der Waals surface area contributed by atoms with E-state index in [0.29, 0.717) is 6.61 Å². The molecule has 1 heterocycles. The molecule has 1 aromatic rings. The molecule has 1 aromatic carbocycles. The average Bonchev–Trinajstić information content (AvgIpc) is 2.35. The second-order valence-electron chi connectivity index (χ2n) is 4.00. The Labute approximate surface area is 142 Å². The number of alkyl halides is 1. The molecule has 0 saturated heterocycles. The third-order valence-electron chi connectivity index (χ3n) is 2.89. The van der Waals surface area contributed by atoms with E-state index in [0.717, 1.165) is 13.0 Å². The number of hydrogen-bond donors (Lipinski definition) is 1. The van der Waals surface area contributed by atoms with Crippen molar-refractivity contribution < 1.29 is 30.9 Å². The third-order valence-corrected chi connectivity index (χ3v) is 3.63. The van der Waals surface area contributed by atoms with Crippen molar-refractivity contribution >= 4 is 27.5 Å². The van der Waals surface area contributed by atoms with Gasteiger partial charge in [0.15, 0.2) is 0 Å². The zero-order valence-corrected chi connectivity index (χ0v) is 16.3. The number of fused-ring (bicyclic) bond motifs is 1. The molecule has 1 N–H and O–H groups in total. The van der Waals surface area contributed by atoms with Gasteiger partial charge in [0.25, 0.3) is 0 Å². The van der Waals surface area contributed by atoms with Crippen LogP contribution in [0, 0.1) is 6.92 Å². The van der Waals surface area contributed by atoms with Gasteiger partial charge in [0, 0.05) is 39.3 Å². The number of aliphatic hydroxyl groups excluding tert-OH is 1. The Bertz CT molecular complexity index is 393. The van der Waals surface area contributed by atoms with E-state index in [1.165, 1.54) is 21.2 Å². The molecular formula is C13H18BrClNO2W-. The Hall–Kier alpha value is 0.558. The molecule has 108 valence electrons. The van der Waals surface area contributed by atoms with Gasteiger partial charge in [0.05, 0.1) is 0 Å². The van der Waals surface area contributed by atoms with Gasteiger partial charge in [-0.25, -0.2) is 0 Å². The number of aliphatic hydroxyl groups is 1. The summed E-state index contributed by atoms with van der Waals surface area (Å²) in [6.45, 7) is 3.74. The molecule has 1 aliphatic rings. The molecule has 0 amide bonds. The second-order valence-corrected chi connectivity index (χ2v) is 5.10. The fraction of sp³-hybridized carbons (Fsp3) is 0.538. The number of rotatable bonds is 2. The molecule has 1 unspecified atom stereocenters. The summed E-state index contributed by atoms with van der Waals surface area (Å²) in [5.74, 6) is 0. The molecule has 2 rings (SSSR count). The Kier molecular flexibility index (Phi) is 10.6. The summed E-state index contributed by atoms with van der Waals surface area (Å²) in [6, 6.07) is 4.21. The van der Waals surface area contributed by atoms with Crippen LogP contribution in [0.3, 0.4) is 0 Å². The summed E-state index contributed by atoms with van der Waals surface area (Å²) in [5, 5.41) is 12.0. The smallest absolute Gasteiger partial charge is 0.117 e. The van der Waals surface area contributed by atoms with Gasteiger partial charge in [-0.3, -0.25) is 0 Å². The van der Waals surface area contributed by atoms with Crippen LogP contribution in [0.15, 0.2) is 16.6 Å². The van der Waals surface area contributed by atoms with Gasteiger partial charge in [0.2, 0.25) is 0 Å². The van der Waals surface area contributed by atoms with Crippen molar-refractivity contribution in [3.8, 4) is 0 Å². The minimum absolute atomic E-state index is 0. The van der Waals surface area contributed by atoms with Crippen LogP contribution in [0.1, 0.15) is 22.7 Å². The largest absolute Gasteiger partial charge is 0.654 e. The molecule has 1 atom stereocenters. The SMILES string of the molecule is COCC1[N-]CCc2c(Br)ccc(C)c21.OCCl.[W]. The van der Waals surface area contributed by atoms with E-state index in [4.69, 9.17) is 9.84 Å². The van der Waals surface area contributed by atoms with Crippen molar-refractivity contribution in [2.24, 2.45) is 0 Å². The minimum Gasteiger partial charge on any atom is -0.654 e. The summed E-state index contributed by atoms with van der Waals surface area (Å²) in [7, 11) is 1.73. The van der Waals surface area contributed by atoms with E-state index >= 15 is 0 Å². The van der Waals surface area contributed by atoms with Crippen molar-refractivity contribution in [2.75, 3.05) is 26.3 Å². The van der Waals surface area contributed by atoms with E-state index in [1.807, 2.05) is 0 Å². The standard InChI is InChI=1S/C12H15BrNO.CH3ClO.W/c1-8-3-4-10(13)9-5-6-14-11(7-15-2)12(8)9;2-1-3;/h3-4,11H,5-7H2,1-2H3;3H,1H2;/q-1;;. The van der Waals surface area contributed by atoms with Crippen molar-refractivity contribution in [3.05, 3.63) is 38.6 Å². The number of ether oxygens (including phenoxy) is 1. The van der Waals surface area contributed by atoms with Crippen molar-refractivity contribution in [3.63, 3.8) is 0 Å². The van der Waals surface area contributed by atoms with Crippen LogP contribution in [0.2, 0.25) is 0 Å². The number of halogens is 2. The summed E-state index contributed by atoms with van der Waals surface area (Å²) >= 11 is 8.17. The molecule has 3 nitrogen and oxygen atoms in total. The van der Waals surface area contributed by atoms with Crippen LogP contribution in [0.4, 0.5) is 0 Å². The van der Waals surface area contributed by atoms with E-state index in [2.05, 4.69) is 51.9 Å². The molecule has 0 bridgehead atoms. The second kappa shape index (κ2) is 10.3. The number of benzene rings is 1. The van der Waals surface area contributed by atoms with Gasteiger partial charge in [-0.05, 0) is 30.5 Å². The van der Waals surface area contributed by atoms with Gasteiger partial charge in [0.1, 0.15) is 6.07 Å². The normalized spacial score (nSPS) is 16.8. The summed E-state index contributed by atoms with van der Waals surface area (Å²) in [5.41, 5.74) is 4.09. The van der Waals surface area contributed by atoms with Crippen molar-refractivity contribution in [1.29, 1.82) is 0 Å². The van der Waals surface area contributed by atoms with Gasteiger partial charge in [-0.15, -0.1) is 6.54 Å². The number of aryl methyl sites for hydroxylation is 1. The first kappa shape index (κ1) is 19.6. The minimum atomic E-state index is -0.278. The van der Waals surface area contributed by atoms with E-state index in [9.17, 15) is 0 Å². The fourth-order valence-electron chi connectivity index (χ4n) is 2.19. The Morgan fingerprint density at radius 2 is 2.16 bits per heavy atom. The first-order valence-corrected chi connectivity index (χ1v) is 7.08. The Balaban J connectivity index is 0.000000742. The van der Waals surface area contributed by atoms with E-state index in [-0.39, 0.29) is 33.2 Å². The summed E-state index contributed by atoms with van der Waals surface area (Å²) in [6.07, 6.45) is 1.04. The van der Waals surface area contributed by atoms with Crippen LogP contribution in [-0.2, 0) is 32.2 Å². The first-order chi connectivity index (χ1) is 8.65. The summed E-state index contributed by atoms with van der Waals surface area (Å²) < 4.78 is 6.43. The number of nitrogens with zero attached hydrogens (tertiary/aromatic N) is 1. The number of methoxy groups -OCH3 is 1. The quantitative estimate of drug-likeness (QED) is 0.608. The number of hydrogen-bond acceptors (Lipinski definition) is 2. The molecule has 6 heteroatoms. The third kappa shape index (κ3) is 5.45. The van der Waals surface area contributed by atoms with Crippen LogP contribution in [0.25, 0.3) is 5.32 Å². The van der Waals surface area contributed by atoms with Crippen LogP contribution < -0.4 is 0 Å². The van der Waals surface area contributed by atoms with Crippen molar-refractivity contribution in [1.82, 2.24) is 0 Å². The van der Waals surface area contributed by atoms with E-state index in [1.54, 1.807) is 7.11 Å². The zero-order valence-electron chi connectivity index (χ0n) is 11.0. The maximum Gasteiger partial charge on any atom is 0.117 e. The molecule has 1 aliphatic heterocycles. The Morgan fingerprint density at radius 3 is 2.74 bits per heavy atom. The van der Waals surface area contributed by atoms with Crippen LogP contribution >= 0.6 is 27.5 Å². The first-order valence-electron chi connectivity index (χ1n) is 5.75. The predicted molar refractivity (Wildman–Crippen MR) is 78.4 cm³/mol. The molecule has 0 radical (unpaired) electrons. The Morgan fingerprint density at radius 1 is 1.53 bits per heavy atom. The molecule has 0 spiro atoms. The maximum absolute atomic E-state index is 7.33. The van der Waals surface area contributed by atoms with Gasteiger partial charge >= 0.3 is 0 Å². The van der Waals surface area contributed by atoms with Crippen LogP contribution in [0.5, 0.6) is 0 Å². The van der Waals surface area contributed by atoms with Gasteiger partial charge in [-0.2, -0.15) is 0 Å². The monoisotopic (exact) mass is 518 g/mol. The molecular weight excluding hydrogens is 501 g/mol. The molecule has 0 aliphatic carbocycles. The van der Waals surface area contributed by atoms with Crippen molar-refractivity contribution in [2.45, 2.75) is 19.4 Å². The topological polar surface area (TPSA) is 43.6 Å². The molecule has 19 heavy (non-hydrogen) atoms. The summed E-state index contributed by atoms with van der Waals surface area (Å²) in [4.78, 5) is 0. The van der Waals surface area contributed by atoms with Crippen LogP contribution in [-0.4, -0.2) is 31.4 Å². The average molecular weight is 519 g/mol. The molecule has 0 fully saturated rings. The zero-order chi connectivity index (χ0) is 13.5. The van der Waals surface area contributed by atoms with E-state index < -0.39 is 0 Å². The molecule has 0 aromatic heterocycles. The predicted octanol–water partition coefficient (Wildman–Crippen LogP) is 3.55. The van der Waals surface area contributed by atoms with Gasteiger partial charge < -0.3 is 15.2 Å². The fourth-order valence-corrected chi connectivity index (χ4v) is 2.73. The molecule has 0 saturated carbocycles. The van der Waals surface area contributed by atoms with Gasteiger partial charge in [-0.1, -0.05) is 45.2 Å².